The lowest BCUT2D eigenvalue weighted by Crippen LogP contribution is -2.57. The van der Waals surface area contributed by atoms with Gasteiger partial charge in [-0.2, -0.15) is 0 Å². The van der Waals surface area contributed by atoms with Gasteiger partial charge in [0.1, 0.15) is 5.57 Å². The highest BCUT2D eigenvalue weighted by molar-refractivity contribution is 9.10. The number of anilines is 3. The number of para-hydroxylation sites is 2. The first kappa shape index (κ1) is 30.5. The highest BCUT2D eigenvalue weighted by atomic mass is 79.9. The van der Waals surface area contributed by atoms with Crippen molar-refractivity contribution in [3.63, 3.8) is 0 Å². The zero-order valence-corrected chi connectivity index (χ0v) is 25.9. The predicted octanol–water partition coefficient (Wildman–Crippen LogP) is 7.02. The molecule has 1 aliphatic heterocycles. The maximum absolute atomic E-state index is 13.7. The van der Waals surface area contributed by atoms with Crippen LogP contribution in [0.3, 0.4) is 0 Å². The first-order valence-corrected chi connectivity index (χ1v) is 14.5. The minimum Gasteiger partial charge on any atom is -0.493 e. The minimum absolute atomic E-state index is 0.236. The molecule has 1 aliphatic rings. The third kappa shape index (κ3) is 6.36. The van der Waals surface area contributed by atoms with E-state index in [0.29, 0.717) is 32.1 Å². The molecule has 0 aromatic heterocycles. The van der Waals surface area contributed by atoms with Crippen LogP contribution in [0.15, 0.2) is 101 Å². The molecule has 44 heavy (non-hydrogen) atoms. The van der Waals surface area contributed by atoms with Crippen molar-refractivity contribution < 1.29 is 28.7 Å². The summed E-state index contributed by atoms with van der Waals surface area (Å²) in [7, 11) is 1.42. The van der Waals surface area contributed by atoms with E-state index in [9.17, 15) is 19.2 Å². The first-order chi connectivity index (χ1) is 21.2. The monoisotopic (exact) mass is 673 g/mol. The van der Waals surface area contributed by atoms with E-state index in [2.05, 4.69) is 21.2 Å². The number of benzene rings is 4. The fourth-order valence-corrected chi connectivity index (χ4v) is 5.23. The highest BCUT2D eigenvalue weighted by Crippen LogP contribution is 2.38. The summed E-state index contributed by atoms with van der Waals surface area (Å²) >= 11 is 9.59. The highest BCUT2D eigenvalue weighted by Gasteiger charge is 2.43. The summed E-state index contributed by atoms with van der Waals surface area (Å²) in [6.07, 6.45) is 1.38. The molecule has 5 rings (SSSR count). The molecule has 0 aliphatic carbocycles. The topological polar surface area (TPSA) is 105 Å². The Labute approximate surface area is 266 Å². The fourth-order valence-electron chi connectivity index (χ4n) is 4.47. The molecule has 1 saturated heterocycles. The minimum atomic E-state index is -0.789. The number of barbiturate groups is 1. The van der Waals surface area contributed by atoms with Gasteiger partial charge in [-0.3, -0.25) is 14.4 Å². The lowest BCUT2D eigenvalue weighted by molar-refractivity contribution is -0.121. The van der Waals surface area contributed by atoms with E-state index in [1.165, 1.54) is 13.2 Å². The van der Waals surface area contributed by atoms with E-state index in [0.717, 1.165) is 15.4 Å². The summed E-state index contributed by atoms with van der Waals surface area (Å²) in [4.78, 5) is 55.3. The number of methoxy groups -OCH3 is 1. The molecule has 1 heterocycles. The van der Waals surface area contributed by atoms with Crippen LogP contribution < -0.4 is 24.6 Å². The number of urea groups is 1. The number of amides is 5. The molecule has 9 nitrogen and oxygen atoms in total. The van der Waals surface area contributed by atoms with Gasteiger partial charge in [-0.1, -0.05) is 54.1 Å². The quantitative estimate of drug-likeness (QED) is 0.159. The van der Waals surface area contributed by atoms with Crippen LogP contribution in [0.5, 0.6) is 11.5 Å². The SMILES string of the molecule is COc1cc(C=C2C(=O)N(c3ccccc3)C(=O)N(c3ccccc3)C2=O)cc(Br)c1OCC(=O)Nc1ccc(C)c(Cl)c1. The van der Waals surface area contributed by atoms with Crippen molar-refractivity contribution in [3.05, 3.63) is 117 Å². The van der Waals surface area contributed by atoms with Crippen molar-refractivity contribution in [2.75, 3.05) is 28.8 Å². The molecule has 0 saturated carbocycles. The molecule has 1 fully saturated rings. The van der Waals surface area contributed by atoms with E-state index in [-0.39, 0.29) is 23.7 Å². The standard InChI is InChI=1S/C33H25BrClN3O6/c1-20-13-14-22(18-27(20)35)36-29(39)19-44-30-26(34)16-21(17-28(30)43-2)15-25-31(40)37(23-9-5-3-6-10-23)33(42)38(32(25)41)24-11-7-4-8-12-24/h3-18H,19H2,1-2H3,(H,36,39). The normalized spacial score (nSPS) is 13.2. The number of hydrogen-bond donors (Lipinski definition) is 1. The number of halogens is 2. The Bertz CT molecular complexity index is 1730. The number of aryl methyl sites for hydroxylation is 1. The average molecular weight is 675 g/mol. The number of ether oxygens (including phenoxy) is 2. The third-order valence-electron chi connectivity index (χ3n) is 6.64. The number of nitrogens with zero attached hydrogens (tertiary/aromatic N) is 2. The number of carbonyl (C=O) groups excluding carboxylic acids is 4. The molecule has 0 unspecified atom stereocenters. The molecular weight excluding hydrogens is 650 g/mol. The summed E-state index contributed by atoms with van der Waals surface area (Å²) in [5.74, 6) is -1.50. The Morgan fingerprint density at radius 2 is 1.48 bits per heavy atom. The van der Waals surface area contributed by atoms with Crippen LogP contribution in [0.25, 0.3) is 6.08 Å². The van der Waals surface area contributed by atoms with E-state index in [1.54, 1.807) is 91.0 Å². The van der Waals surface area contributed by atoms with Crippen LogP contribution in [0.4, 0.5) is 21.9 Å². The Hall–Kier alpha value is -4.93. The summed E-state index contributed by atoms with van der Waals surface area (Å²) in [5, 5.41) is 3.25. The van der Waals surface area contributed by atoms with Crippen LogP contribution in [0.1, 0.15) is 11.1 Å². The number of imide groups is 2. The van der Waals surface area contributed by atoms with Crippen LogP contribution in [0.2, 0.25) is 5.02 Å². The van der Waals surface area contributed by atoms with Crippen molar-refractivity contribution >= 4 is 74.4 Å². The Morgan fingerprint density at radius 3 is 2.02 bits per heavy atom. The second kappa shape index (κ2) is 13.2. The molecule has 11 heteroatoms. The number of rotatable bonds is 8. The van der Waals surface area contributed by atoms with Crippen molar-refractivity contribution in [2.45, 2.75) is 6.92 Å². The number of nitrogens with one attached hydrogen (secondary N) is 1. The van der Waals surface area contributed by atoms with Crippen LogP contribution >= 0.6 is 27.5 Å². The zero-order valence-electron chi connectivity index (χ0n) is 23.5. The van der Waals surface area contributed by atoms with Gasteiger partial charge in [0.2, 0.25) is 0 Å². The van der Waals surface area contributed by atoms with Gasteiger partial charge in [0.15, 0.2) is 18.1 Å². The molecule has 222 valence electrons. The van der Waals surface area contributed by atoms with Crippen LogP contribution in [-0.2, 0) is 14.4 Å². The summed E-state index contributed by atoms with van der Waals surface area (Å²) in [6, 6.07) is 24.3. The third-order valence-corrected chi connectivity index (χ3v) is 7.64. The summed E-state index contributed by atoms with van der Waals surface area (Å²) in [5.41, 5.74) is 2.21. The Kier molecular flexibility index (Phi) is 9.12. The van der Waals surface area contributed by atoms with E-state index in [1.807, 2.05) is 6.92 Å². The van der Waals surface area contributed by atoms with Gasteiger partial charge in [-0.05, 0) is 88.6 Å². The molecule has 5 amide bonds. The van der Waals surface area contributed by atoms with Crippen LogP contribution in [0, 0.1) is 6.92 Å². The maximum Gasteiger partial charge on any atom is 0.343 e. The van der Waals surface area contributed by atoms with Gasteiger partial charge in [-0.15, -0.1) is 0 Å². The Morgan fingerprint density at radius 1 is 0.886 bits per heavy atom. The lowest BCUT2D eigenvalue weighted by Gasteiger charge is -2.34. The van der Waals surface area contributed by atoms with Crippen molar-refractivity contribution in [2.24, 2.45) is 0 Å². The van der Waals surface area contributed by atoms with Gasteiger partial charge in [0, 0.05) is 10.7 Å². The smallest absolute Gasteiger partial charge is 0.343 e. The van der Waals surface area contributed by atoms with Gasteiger partial charge in [0.25, 0.3) is 17.7 Å². The van der Waals surface area contributed by atoms with Crippen molar-refractivity contribution in [3.8, 4) is 11.5 Å². The molecule has 4 aromatic carbocycles. The second-order valence-electron chi connectivity index (χ2n) is 9.63. The fraction of sp³-hybridized carbons (Fsp3) is 0.0909. The van der Waals surface area contributed by atoms with Crippen LogP contribution in [-0.4, -0.2) is 37.5 Å². The lowest BCUT2D eigenvalue weighted by atomic mass is 10.0. The second-order valence-corrected chi connectivity index (χ2v) is 10.9. The molecule has 0 atom stereocenters. The van der Waals surface area contributed by atoms with E-state index < -0.39 is 23.8 Å². The number of hydrogen-bond acceptors (Lipinski definition) is 6. The van der Waals surface area contributed by atoms with Gasteiger partial charge >= 0.3 is 6.03 Å². The average Bonchev–Trinajstić information content (AvgIpc) is 3.01. The summed E-state index contributed by atoms with van der Waals surface area (Å²) < 4.78 is 11.7. The van der Waals surface area contributed by atoms with Gasteiger partial charge in [0.05, 0.1) is 23.0 Å². The molecule has 0 radical (unpaired) electrons. The van der Waals surface area contributed by atoms with Crippen molar-refractivity contribution in [1.82, 2.24) is 0 Å². The molecule has 0 spiro atoms. The maximum atomic E-state index is 13.7. The number of carbonyl (C=O) groups is 4. The van der Waals surface area contributed by atoms with Gasteiger partial charge in [-0.25, -0.2) is 14.6 Å². The first-order valence-electron chi connectivity index (χ1n) is 13.3. The largest absolute Gasteiger partial charge is 0.493 e. The van der Waals surface area contributed by atoms with E-state index in [4.69, 9.17) is 21.1 Å². The Balaban J connectivity index is 1.45. The predicted molar refractivity (Wildman–Crippen MR) is 172 cm³/mol. The zero-order chi connectivity index (χ0) is 31.4. The molecule has 4 aromatic rings. The van der Waals surface area contributed by atoms with Gasteiger partial charge < -0.3 is 14.8 Å². The van der Waals surface area contributed by atoms with E-state index >= 15 is 0 Å². The molecule has 0 bridgehead atoms. The molecular formula is C33H25BrClN3O6. The summed E-state index contributed by atoms with van der Waals surface area (Å²) in [6.45, 7) is 1.52. The molecule has 1 N–H and O–H groups in total. The van der Waals surface area contributed by atoms with Crippen molar-refractivity contribution in [1.29, 1.82) is 0 Å².